The smallest absolute Gasteiger partial charge is 0.319 e. The van der Waals surface area contributed by atoms with Gasteiger partial charge < -0.3 is 20.2 Å². The number of aliphatic hydroxyl groups is 1. The van der Waals surface area contributed by atoms with Crippen molar-refractivity contribution in [3.63, 3.8) is 0 Å². The Kier molecular flexibility index (Phi) is 6.45. The third-order valence-corrected chi connectivity index (χ3v) is 3.88. The highest BCUT2D eigenvalue weighted by atomic mass is 16.3. The summed E-state index contributed by atoms with van der Waals surface area (Å²) in [7, 11) is 3.43. The lowest BCUT2D eigenvalue weighted by Gasteiger charge is -2.34. The van der Waals surface area contributed by atoms with Gasteiger partial charge in [0.25, 0.3) is 0 Å². The number of hydrogen-bond donors (Lipinski definition) is 2. The molecule has 3 amide bonds. The number of hydrogen-bond acceptors (Lipinski definition) is 3. The van der Waals surface area contributed by atoms with Crippen LogP contribution in [0.15, 0.2) is 0 Å². The largest absolute Gasteiger partial charge is 0.388 e. The summed E-state index contributed by atoms with van der Waals surface area (Å²) < 4.78 is 0. The van der Waals surface area contributed by atoms with Crippen LogP contribution >= 0.6 is 0 Å². The van der Waals surface area contributed by atoms with Crippen LogP contribution in [0.2, 0.25) is 0 Å². The van der Waals surface area contributed by atoms with E-state index in [-0.39, 0.29) is 24.4 Å². The molecule has 6 heteroatoms. The normalized spacial score (nSPS) is 21.6. The summed E-state index contributed by atoms with van der Waals surface area (Å²) in [5.74, 6) is -0.247. The standard InChI is InChI=1S/C15H29N3O3/c1-5-8-15(2,21)11-16-13(19)12-7-6-9-18(10-12)14(20)17(3)4/h12,21H,5-11H2,1-4H3,(H,16,19). The van der Waals surface area contributed by atoms with Gasteiger partial charge in [0.15, 0.2) is 0 Å². The first-order valence-corrected chi connectivity index (χ1v) is 7.73. The summed E-state index contributed by atoms with van der Waals surface area (Å²) in [5.41, 5.74) is -0.863. The molecule has 1 aliphatic heterocycles. The van der Waals surface area contributed by atoms with E-state index in [1.165, 1.54) is 4.90 Å². The van der Waals surface area contributed by atoms with Crippen LogP contribution in [-0.4, -0.2) is 66.2 Å². The van der Waals surface area contributed by atoms with Gasteiger partial charge in [0.05, 0.1) is 11.5 Å². The van der Waals surface area contributed by atoms with Crippen molar-refractivity contribution in [3.05, 3.63) is 0 Å². The third kappa shape index (κ3) is 5.53. The molecule has 0 bridgehead atoms. The second-order valence-electron chi connectivity index (χ2n) is 6.43. The molecule has 2 unspecified atom stereocenters. The summed E-state index contributed by atoms with van der Waals surface area (Å²) >= 11 is 0. The van der Waals surface area contributed by atoms with E-state index in [1.54, 1.807) is 25.9 Å². The van der Waals surface area contributed by atoms with Gasteiger partial charge in [0.1, 0.15) is 0 Å². The molecule has 122 valence electrons. The molecule has 1 rings (SSSR count). The van der Waals surface area contributed by atoms with E-state index in [9.17, 15) is 14.7 Å². The van der Waals surface area contributed by atoms with E-state index in [0.29, 0.717) is 19.5 Å². The van der Waals surface area contributed by atoms with E-state index >= 15 is 0 Å². The Balaban J connectivity index is 2.49. The highest BCUT2D eigenvalue weighted by molar-refractivity contribution is 5.80. The van der Waals surface area contributed by atoms with Gasteiger partial charge in [0.2, 0.25) is 5.91 Å². The summed E-state index contributed by atoms with van der Waals surface area (Å²) in [6, 6.07) is -0.0505. The van der Waals surface area contributed by atoms with Gasteiger partial charge in [0, 0.05) is 33.7 Å². The number of rotatable bonds is 5. The fourth-order valence-electron chi connectivity index (χ4n) is 2.70. The van der Waals surface area contributed by atoms with Crippen molar-refractivity contribution in [1.29, 1.82) is 0 Å². The number of carbonyl (C=O) groups excluding carboxylic acids is 2. The first-order chi connectivity index (χ1) is 9.76. The van der Waals surface area contributed by atoms with Gasteiger partial charge in [-0.05, 0) is 26.2 Å². The number of likely N-dealkylation sites (tertiary alicyclic amines) is 1. The molecule has 6 nitrogen and oxygen atoms in total. The Morgan fingerprint density at radius 3 is 2.67 bits per heavy atom. The molecular formula is C15H29N3O3. The monoisotopic (exact) mass is 299 g/mol. The predicted octanol–water partition coefficient (Wildman–Crippen LogP) is 1.05. The van der Waals surface area contributed by atoms with Gasteiger partial charge >= 0.3 is 6.03 Å². The molecule has 0 aliphatic carbocycles. The molecule has 2 atom stereocenters. The molecule has 1 fully saturated rings. The number of piperidine rings is 1. The summed E-state index contributed by atoms with van der Waals surface area (Å²) in [5, 5.41) is 12.9. The lowest BCUT2D eigenvalue weighted by atomic mass is 9.96. The maximum Gasteiger partial charge on any atom is 0.319 e. The van der Waals surface area contributed by atoms with Crippen molar-refractivity contribution in [3.8, 4) is 0 Å². The van der Waals surface area contributed by atoms with Crippen LogP contribution < -0.4 is 5.32 Å². The lowest BCUT2D eigenvalue weighted by Crippen LogP contribution is -2.50. The minimum atomic E-state index is -0.863. The molecule has 2 N–H and O–H groups in total. The zero-order chi connectivity index (χ0) is 16.0. The maximum absolute atomic E-state index is 12.2. The third-order valence-electron chi connectivity index (χ3n) is 3.88. The fourth-order valence-corrected chi connectivity index (χ4v) is 2.70. The zero-order valence-corrected chi connectivity index (χ0v) is 13.7. The van der Waals surface area contributed by atoms with Crippen LogP contribution in [0, 0.1) is 5.92 Å². The van der Waals surface area contributed by atoms with Gasteiger partial charge in [-0.25, -0.2) is 4.79 Å². The number of nitrogens with zero attached hydrogens (tertiary/aromatic N) is 2. The van der Waals surface area contributed by atoms with E-state index in [0.717, 1.165) is 19.3 Å². The molecule has 1 saturated heterocycles. The average Bonchev–Trinajstić information content (AvgIpc) is 2.44. The molecular weight excluding hydrogens is 270 g/mol. The second-order valence-corrected chi connectivity index (χ2v) is 6.43. The van der Waals surface area contributed by atoms with E-state index < -0.39 is 5.60 Å². The summed E-state index contributed by atoms with van der Waals surface area (Å²) in [6.07, 6.45) is 3.16. The van der Waals surface area contributed by atoms with Crippen molar-refractivity contribution in [2.24, 2.45) is 5.92 Å². The SMILES string of the molecule is CCCC(C)(O)CNC(=O)C1CCCN(C(=O)N(C)C)C1. The minimum Gasteiger partial charge on any atom is -0.388 e. The predicted molar refractivity (Wildman–Crippen MR) is 81.9 cm³/mol. The molecule has 0 radical (unpaired) electrons. The van der Waals surface area contributed by atoms with Crippen LogP contribution in [0.4, 0.5) is 4.79 Å². The molecule has 0 aromatic rings. The zero-order valence-electron chi connectivity index (χ0n) is 13.7. The first-order valence-electron chi connectivity index (χ1n) is 7.73. The number of urea groups is 1. The minimum absolute atomic E-state index is 0.0505. The van der Waals surface area contributed by atoms with Gasteiger partial charge in [-0.1, -0.05) is 13.3 Å². The average molecular weight is 299 g/mol. The Bertz CT molecular complexity index is 369. The highest BCUT2D eigenvalue weighted by Crippen LogP contribution is 2.18. The number of carbonyl (C=O) groups is 2. The number of nitrogens with one attached hydrogen (secondary N) is 1. The molecule has 0 spiro atoms. The fraction of sp³-hybridized carbons (Fsp3) is 0.867. The molecule has 0 aromatic heterocycles. The van der Waals surface area contributed by atoms with Gasteiger partial charge in [-0.15, -0.1) is 0 Å². The Morgan fingerprint density at radius 2 is 2.10 bits per heavy atom. The van der Waals surface area contributed by atoms with Crippen LogP contribution in [0.1, 0.15) is 39.5 Å². The quantitative estimate of drug-likeness (QED) is 0.797. The first kappa shape index (κ1) is 17.8. The van der Waals surface area contributed by atoms with Crippen LogP contribution in [0.5, 0.6) is 0 Å². The Morgan fingerprint density at radius 1 is 1.43 bits per heavy atom. The molecule has 21 heavy (non-hydrogen) atoms. The van der Waals surface area contributed by atoms with E-state index in [1.807, 2.05) is 6.92 Å². The Labute approximate surface area is 127 Å². The molecule has 1 heterocycles. The summed E-state index contributed by atoms with van der Waals surface area (Å²) in [6.45, 7) is 5.16. The highest BCUT2D eigenvalue weighted by Gasteiger charge is 2.30. The van der Waals surface area contributed by atoms with Crippen molar-refractivity contribution in [2.75, 3.05) is 33.7 Å². The number of amides is 3. The van der Waals surface area contributed by atoms with E-state index in [4.69, 9.17) is 0 Å². The maximum atomic E-state index is 12.2. The Hall–Kier alpha value is -1.30. The second kappa shape index (κ2) is 7.64. The van der Waals surface area contributed by atoms with Crippen molar-refractivity contribution in [2.45, 2.75) is 45.1 Å². The van der Waals surface area contributed by atoms with Crippen LogP contribution in [-0.2, 0) is 4.79 Å². The lowest BCUT2D eigenvalue weighted by molar-refractivity contribution is -0.127. The van der Waals surface area contributed by atoms with Crippen LogP contribution in [0.25, 0.3) is 0 Å². The molecule has 1 aliphatic rings. The molecule has 0 saturated carbocycles. The molecule has 0 aromatic carbocycles. The van der Waals surface area contributed by atoms with E-state index in [2.05, 4.69) is 5.32 Å². The topological polar surface area (TPSA) is 72.9 Å². The summed E-state index contributed by atoms with van der Waals surface area (Å²) in [4.78, 5) is 27.4. The van der Waals surface area contributed by atoms with Gasteiger partial charge in [-0.2, -0.15) is 0 Å². The van der Waals surface area contributed by atoms with Crippen molar-refractivity contribution < 1.29 is 14.7 Å². The van der Waals surface area contributed by atoms with Crippen LogP contribution in [0.3, 0.4) is 0 Å². The van der Waals surface area contributed by atoms with Crippen molar-refractivity contribution >= 4 is 11.9 Å². The van der Waals surface area contributed by atoms with Crippen molar-refractivity contribution in [1.82, 2.24) is 15.1 Å². The van der Waals surface area contributed by atoms with Gasteiger partial charge in [-0.3, -0.25) is 4.79 Å².